The van der Waals surface area contributed by atoms with Crippen LogP contribution < -0.4 is 0 Å². The third-order valence-corrected chi connectivity index (χ3v) is 3.05. The summed E-state index contributed by atoms with van der Waals surface area (Å²) in [6.45, 7) is 1.97. The topological polar surface area (TPSA) is 17.8 Å². The molecule has 2 nitrogen and oxygen atoms in total. The van der Waals surface area contributed by atoms with Crippen LogP contribution >= 0.6 is 27.5 Å². The number of hydrogen-bond donors (Lipinski definition) is 0. The van der Waals surface area contributed by atoms with Gasteiger partial charge < -0.3 is 4.57 Å². The maximum atomic E-state index is 5.92. The van der Waals surface area contributed by atoms with Crippen LogP contribution in [0.25, 0.3) is 5.69 Å². The van der Waals surface area contributed by atoms with Gasteiger partial charge in [0.2, 0.25) is 0 Å². The molecule has 0 spiro atoms. The van der Waals surface area contributed by atoms with Crippen LogP contribution in [0.3, 0.4) is 0 Å². The lowest BCUT2D eigenvalue weighted by Gasteiger charge is -2.10. The van der Waals surface area contributed by atoms with Crippen molar-refractivity contribution < 1.29 is 0 Å². The Hall–Kier alpha value is -0.800. The first kappa shape index (κ1) is 10.7. The smallest absolute Gasteiger partial charge is 0.110 e. The molecule has 0 fully saturated rings. The highest BCUT2D eigenvalue weighted by atomic mass is 79.9. The van der Waals surface area contributed by atoms with Crippen molar-refractivity contribution in [2.45, 2.75) is 12.8 Å². The van der Waals surface area contributed by atoms with Crippen molar-refractivity contribution in [2.24, 2.45) is 0 Å². The van der Waals surface area contributed by atoms with Crippen molar-refractivity contribution in [1.82, 2.24) is 9.55 Å². The third-order valence-electron chi connectivity index (χ3n) is 2.27. The summed E-state index contributed by atoms with van der Waals surface area (Å²) in [6.07, 6.45) is 3.73. The van der Waals surface area contributed by atoms with E-state index in [9.17, 15) is 0 Å². The number of alkyl halides is 1. The first-order chi connectivity index (χ1) is 7.22. The Kier molecular flexibility index (Phi) is 3.12. The molecular weight excluding hydrogens is 275 g/mol. The minimum Gasteiger partial charge on any atom is -0.304 e. The van der Waals surface area contributed by atoms with Crippen molar-refractivity contribution >= 4 is 27.5 Å². The summed E-state index contributed by atoms with van der Waals surface area (Å²) in [5.74, 6) is 1.45. The minimum atomic E-state index is 0.492. The van der Waals surface area contributed by atoms with Gasteiger partial charge in [-0.05, 0) is 30.7 Å². The lowest BCUT2D eigenvalue weighted by Crippen LogP contribution is -1.99. The van der Waals surface area contributed by atoms with E-state index in [1.54, 1.807) is 6.20 Å². The van der Waals surface area contributed by atoms with E-state index >= 15 is 0 Å². The summed E-state index contributed by atoms with van der Waals surface area (Å²) >= 11 is 9.35. The molecule has 0 atom stereocenters. The SMILES string of the molecule is Cc1nccn1-c1ccc(Br)cc1CCl. The van der Waals surface area contributed by atoms with Crippen LogP contribution in [0.15, 0.2) is 35.1 Å². The van der Waals surface area contributed by atoms with Crippen LogP contribution in [0.4, 0.5) is 0 Å². The number of rotatable bonds is 2. The van der Waals surface area contributed by atoms with Gasteiger partial charge in [-0.15, -0.1) is 11.6 Å². The molecule has 15 heavy (non-hydrogen) atoms. The monoisotopic (exact) mass is 284 g/mol. The Labute approximate surface area is 102 Å². The summed E-state index contributed by atoms with van der Waals surface area (Å²) in [7, 11) is 0. The highest BCUT2D eigenvalue weighted by Crippen LogP contribution is 2.22. The zero-order valence-corrected chi connectivity index (χ0v) is 10.6. The van der Waals surface area contributed by atoms with Gasteiger partial charge in [0, 0.05) is 22.7 Å². The molecule has 0 radical (unpaired) electrons. The summed E-state index contributed by atoms with van der Waals surface area (Å²) < 4.78 is 3.07. The lowest BCUT2D eigenvalue weighted by atomic mass is 10.2. The molecule has 0 aliphatic rings. The van der Waals surface area contributed by atoms with Crippen LogP contribution in [0.5, 0.6) is 0 Å². The van der Waals surface area contributed by atoms with Gasteiger partial charge >= 0.3 is 0 Å². The predicted octanol–water partition coefficient (Wildman–Crippen LogP) is 3.68. The lowest BCUT2D eigenvalue weighted by molar-refractivity contribution is 0.961. The molecule has 0 bridgehead atoms. The second-order valence-corrected chi connectivity index (χ2v) is 4.43. The molecule has 0 unspecified atom stereocenters. The van der Waals surface area contributed by atoms with E-state index in [2.05, 4.69) is 20.9 Å². The Morgan fingerprint density at radius 1 is 1.47 bits per heavy atom. The molecule has 1 heterocycles. The Morgan fingerprint density at radius 2 is 2.27 bits per heavy atom. The number of benzene rings is 1. The van der Waals surface area contributed by atoms with Gasteiger partial charge in [-0.25, -0.2) is 4.98 Å². The number of halogens is 2. The molecule has 1 aromatic heterocycles. The molecule has 2 rings (SSSR count). The van der Waals surface area contributed by atoms with Gasteiger partial charge in [0.1, 0.15) is 5.82 Å². The highest BCUT2D eigenvalue weighted by Gasteiger charge is 2.06. The average Bonchev–Trinajstić information content (AvgIpc) is 2.64. The molecule has 78 valence electrons. The van der Waals surface area contributed by atoms with E-state index < -0.39 is 0 Å². The quantitative estimate of drug-likeness (QED) is 0.770. The fraction of sp³-hybridized carbons (Fsp3) is 0.182. The maximum absolute atomic E-state index is 5.92. The molecule has 0 N–H and O–H groups in total. The van der Waals surface area contributed by atoms with Crippen LogP contribution in [-0.4, -0.2) is 9.55 Å². The van der Waals surface area contributed by atoms with Gasteiger partial charge in [0.05, 0.1) is 5.69 Å². The fourth-order valence-electron chi connectivity index (χ4n) is 1.53. The standard InChI is InChI=1S/C11H10BrClN2/c1-8-14-4-5-15(8)11-3-2-10(12)6-9(11)7-13/h2-6H,7H2,1H3. The number of aryl methyl sites for hydroxylation is 1. The summed E-state index contributed by atoms with van der Waals surface area (Å²) in [6, 6.07) is 6.07. The van der Waals surface area contributed by atoms with Gasteiger partial charge in [0.25, 0.3) is 0 Å². The van der Waals surface area contributed by atoms with Crippen LogP contribution in [0.2, 0.25) is 0 Å². The van der Waals surface area contributed by atoms with Gasteiger partial charge in [-0.2, -0.15) is 0 Å². The van der Waals surface area contributed by atoms with Crippen LogP contribution in [0.1, 0.15) is 11.4 Å². The van der Waals surface area contributed by atoms with E-state index in [1.165, 1.54) is 0 Å². The second-order valence-electron chi connectivity index (χ2n) is 3.25. The Bertz CT molecular complexity index is 479. The molecule has 0 aliphatic carbocycles. The molecule has 0 amide bonds. The van der Waals surface area contributed by atoms with Gasteiger partial charge in [0.15, 0.2) is 0 Å². The first-order valence-electron chi connectivity index (χ1n) is 4.57. The van der Waals surface area contributed by atoms with Gasteiger partial charge in [-0.3, -0.25) is 0 Å². The van der Waals surface area contributed by atoms with E-state index in [1.807, 2.05) is 35.9 Å². The summed E-state index contributed by atoms with van der Waals surface area (Å²) in [5, 5.41) is 0. The predicted molar refractivity (Wildman–Crippen MR) is 65.6 cm³/mol. The summed E-state index contributed by atoms with van der Waals surface area (Å²) in [5.41, 5.74) is 2.18. The number of nitrogens with zero attached hydrogens (tertiary/aromatic N) is 2. The second kappa shape index (κ2) is 4.37. The zero-order valence-electron chi connectivity index (χ0n) is 8.24. The molecule has 1 aromatic carbocycles. The highest BCUT2D eigenvalue weighted by molar-refractivity contribution is 9.10. The van der Waals surface area contributed by atoms with Gasteiger partial charge in [-0.1, -0.05) is 15.9 Å². The summed E-state index contributed by atoms with van der Waals surface area (Å²) in [4.78, 5) is 4.20. The first-order valence-corrected chi connectivity index (χ1v) is 5.90. The number of hydrogen-bond acceptors (Lipinski definition) is 1. The van der Waals surface area contributed by atoms with E-state index in [0.717, 1.165) is 21.5 Å². The molecular formula is C11H10BrClN2. The van der Waals surface area contributed by atoms with Crippen LogP contribution in [-0.2, 0) is 5.88 Å². The average molecular weight is 286 g/mol. The van der Waals surface area contributed by atoms with Crippen molar-refractivity contribution in [3.8, 4) is 5.69 Å². The molecule has 2 aromatic rings. The largest absolute Gasteiger partial charge is 0.304 e. The molecule has 4 heteroatoms. The number of aromatic nitrogens is 2. The van der Waals surface area contributed by atoms with Crippen molar-refractivity contribution in [2.75, 3.05) is 0 Å². The zero-order chi connectivity index (χ0) is 10.8. The fourth-order valence-corrected chi connectivity index (χ4v) is 2.15. The van der Waals surface area contributed by atoms with E-state index in [4.69, 9.17) is 11.6 Å². The van der Waals surface area contributed by atoms with Crippen molar-refractivity contribution in [3.05, 3.63) is 46.5 Å². The molecule has 0 aliphatic heterocycles. The molecule has 0 saturated heterocycles. The third kappa shape index (κ3) is 2.08. The Morgan fingerprint density at radius 3 is 2.87 bits per heavy atom. The van der Waals surface area contributed by atoms with E-state index in [-0.39, 0.29) is 0 Å². The van der Waals surface area contributed by atoms with E-state index in [0.29, 0.717) is 5.88 Å². The molecule has 0 saturated carbocycles. The normalized spacial score (nSPS) is 10.6. The Balaban J connectivity index is 2.58. The minimum absolute atomic E-state index is 0.492. The van der Waals surface area contributed by atoms with Crippen molar-refractivity contribution in [1.29, 1.82) is 0 Å². The van der Waals surface area contributed by atoms with Crippen LogP contribution in [0, 0.1) is 6.92 Å². The van der Waals surface area contributed by atoms with Crippen molar-refractivity contribution in [3.63, 3.8) is 0 Å². The maximum Gasteiger partial charge on any atom is 0.110 e. The number of imidazole rings is 1.